The molecule has 7 heteroatoms. The number of ether oxygens (including phenoxy) is 1. The van der Waals surface area contributed by atoms with Gasteiger partial charge in [0.1, 0.15) is 5.75 Å². The maximum absolute atomic E-state index is 11.6. The highest BCUT2D eigenvalue weighted by Gasteiger charge is 2.24. The van der Waals surface area contributed by atoms with Crippen molar-refractivity contribution in [3.63, 3.8) is 0 Å². The Morgan fingerprint density at radius 3 is 2.60 bits per heavy atom. The third-order valence-electron chi connectivity index (χ3n) is 2.56. The second-order valence-electron chi connectivity index (χ2n) is 4.32. The zero-order valence-corrected chi connectivity index (χ0v) is 11.8. The number of hydrogen-bond donors (Lipinski definition) is 3. The summed E-state index contributed by atoms with van der Waals surface area (Å²) in [5.74, 6) is -1.49. The number of aliphatic hydroxyl groups is 1. The molecule has 2 unspecified atom stereocenters. The first kappa shape index (κ1) is 16.3. The van der Waals surface area contributed by atoms with Gasteiger partial charge in [0.25, 0.3) is 5.91 Å². The number of carboxylic acid groups (broad SMARTS) is 1. The molecule has 1 rings (SSSR count). The Labute approximate surface area is 121 Å². The summed E-state index contributed by atoms with van der Waals surface area (Å²) in [6.45, 7) is 2.73. The molecule has 110 valence electrons. The van der Waals surface area contributed by atoms with Crippen LogP contribution in [0.5, 0.6) is 5.75 Å². The number of hydrogen-bond acceptors (Lipinski definition) is 4. The monoisotopic (exact) mass is 301 g/mol. The SMILES string of the molecule is Cc1cc(OCC(=O)NC(C(=O)O)C(C)O)ccc1Cl. The van der Waals surface area contributed by atoms with Crippen LogP contribution in [0.2, 0.25) is 5.02 Å². The molecule has 0 saturated heterocycles. The van der Waals surface area contributed by atoms with Gasteiger partial charge in [0.15, 0.2) is 12.6 Å². The standard InChI is InChI=1S/C13H16ClNO5/c1-7-5-9(3-4-10(7)14)20-6-11(17)15-12(8(2)16)13(18)19/h3-5,8,12,16H,6H2,1-2H3,(H,15,17)(H,18,19). The molecule has 0 aliphatic carbocycles. The molecule has 6 nitrogen and oxygen atoms in total. The fourth-order valence-corrected chi connectivity index (χ4v) is 1.58. The first-order valence-electron chi connectivity index (χ1n) is 5.90. The number of carboxylic acids is 1. The van der Waals surface area contributed by atoms with Crippen LogP contribution in [0.3, 0.4) is 0 Å². The molecule has 0 fully saturated rings. The summed E-state index contributed by atoms with van der Waals surface area (Å²) in [7, 11) is 0. The van der Waals surface area contributed by atoms with Crippen LogP contribution in [0, 0.1) is 6.92 Å². The zero-order chi connectivity index (χ0) is 15.3. The minimum absolute atomic E-state index is 0.350. The van der Waals surface area contributed by atoms with E-state index in [4.69, 9.17) is 21.4 Å². The van der Waals surface area contributed by atoms with Crippen molar-refractivity contribution in [2.45, 2.75) is 26.0 Å². The molecule has 3 N–H and O–H groups in total. The van der Waals surface area contributed by atoms with Crippen LogP contribution >= 0.6 is 11.6 Å². The summed E-state index contributed by atoms with van der Waals surface area (Å²) in [6.07, 6.45) is -1.20. The molecule has 2 atom stereocenters. The highest BCUT2D eigenvalue weighted by atomic mass is 35.5. The Kier molecular flexibility index (Phi) is 5.79. The highest BCUT2D eigenvalue weighted by molar-refractivity contribution is 6.31. The zero-order valence-electron chi connectivity index (χ0n) is 11.1. The maximum Gasteiger partial charge on any atom is 0.328 e. The third-order valence-corrected chi connectivity index (χ3v) is 2.99. The molecule has 0 spiro atoms. The summed E-state index contributed by atoms with van der Waals surface area (Å²) < 4.78 is 5.22. The van der Waals surface area contributed by atoms with Gasteiger partial charge in [-0.3, -0.25) is 4.79 Å². The van der Waals surface area contributed by atoms with Gasteiger partial charge in [-0.1, -0.05) is 11.6 Å². The number of carbonyl (C=O) groups excluding carboxylic acids is 1. The van der Waals surface area contributed by atoms with E-state index in [2.05, 4.69) is 5.32 Å². The second-order valence-corrected chi connectivity index (χ2v) is 4.73. The van der Waals surface area contributed by atoms with Gasteiger partial charge in [-0.2, -0.15) is 0 Å². The van der Waals surface area contributed by atoms with E-state index in [0.29, 0.717) is 10.8 Å². The topological polar surface area (TPSA) is 95.9 Å². The van der Waals surface area contributed by atoms with Crippen LogP contribution in [0.1, 0.15) is 12.5 Å². The fraction of sp³-hybridized carbons (Fsp3) is 0.385. The molecule has 0 aromatic heterocycles. The van der Waals surface area contributed by atoms with Crippen molar-refractivity contribution >= 4 is 23.5 Å². The largest absolute Gasteiger partial charge is 0.484 e. The average Bonchev–Trinajstić information content (AvgIpc) is 2.36. The maximum atomic E-state index is 11.6. The van der Waals surface area contributed by atoms with Gasteiger partial charge < -0.3 is 20.3 Å². The number of aliphatic hydroxyl groups excluding tert-OH is 1. The van der Waals surface area contributed by atoms with Gasteiger partial charge >= 0.3 is 5.97 Å². The van der Waals surface area contributed by atoms with Crippen LogP contribution in [0.4, 0.5) is 0 Å². The van der Waals surface area contributed by atoms with E-state index in [0.717, 1.165) is 5.56 Å². The number of halogens is 1. The van der Waals surface area contributed by atoms with E-state index >= 15 is 0 Å². The summed E-state index contributed by atoms with van der Waals surface area (Å²) in [5.41, 5.74) is 0.803. The van der Waals surface area contributed by atoms with Crippen LogP contribution in [-0.2, 0) is 9.59 Å². The van der Waals surface area contributed by atoms with Crippen molar-refractivity contribution in [1.82, 2.24) is 5.32 Å². The predicted molar refractivity (Wildman–Crippen MR) is 72.9 cm³/mol. The molecule has 1 amide bonds. The van der Waals surface area contributed by atoms with Crippen molar-refractivity contribution < 1.29 is 24.5 Å². The molecule has 1 aromatic rings. The van der Waals surface area contributed by atoms with Gasteiger partial charge in [0.05, 0.1) is 6.10 Å². The number of carbonyl (C=O) groups is 2. The van der Waals surface area contributed by atoms with Crippen molar-refractivity contribution in [3.8, 4) is 5.75 Å². The molecule has 0 heterocycles. The molecule has 0 aliphatic heterocycles. The molecular formula is C13H16ClNO5. The number of nitrogens with one attached hydrogen (secondary N) is 1. The lowest BCUT2D eigenvalue weighted by Gasteiger charge is -2.17. The fourth-order valence-electron chi connectivity index (χ4n) is 1.46. The van der Waals surface area contributed by atoms with Gasteiger partial charge in [0, 0.05) is 5.02 Å². The number of aliphatic carboxylic acids is 1. The van der Waals surface area contributed by atoms with Gasteiger partial charge in [0.2, 0.25) is 0 Å². The second kappa shape index (κ2) is 7.12. The first-order valence-corrected chi connectivity index (χ1v) is 6.28. The van der Waals surface area contributed by atoms with Gasteiger partial charge in [-0.15, -0.1) is 0 Å². The lowest BCUT2D eigenvalue weighted by Crippen LogP contribution is -2.49. The lowest BCUT2D eigenvalue weighted by atomic mass is 10.2. The minimum Gasteiger partial charge on any atom is -0.484 e. The van der Waals surface area contributed by atoms with Crippen molar-refractivity contribution in [1.29, 1.82) is 0 Å². The van der Waals surface area contributed by atoms with E-state index in [9.17, 15) is 14.7 Å². The van der Waals surface area contributed by atoms with Crippen LogP contribution < -0.4 is 10.1 Å². The average molecular weight is 302 g/mol. The number of rotatable bonds is 6. The Morgan fingerprint density at radius 1 is 1.45 bits per heavy atom. The van der Waals surface area contributed by atoms with Crippen LogP contribution in [0.15, 0.2) is 18.2 Å². The smallest absolute Gasteiger partial charge is 0.328 e. The van der Waals surface area contributed by atoms with Gasteiger partial charge in [-0.25, -0.2) is 4.79 Å². The molecule has 20 heavy (non-hydrogen) atoms. The van der Waals surface area contributed by atoms with Gasteiger partial charge in [-0.05, 0) is 37.6 Å². The molecular weight excluding hydrogens is 286 g/mol. The van der Waals surface area contributed by atoms with E-state index in [-0.39, 0.29) is 6.61 Å². The molecule has 1 aromatic carbocycles. The quantitative estimate of drug-likeness (QED) is 0.728. The first-order chi connectivity index (χ1) is 9.31. The van der Waals surface area contributed by atoms with Crippen LogP contribution in [0.25, 0.3) is 0 Å². The number of benzene rings is 1. The van der Waals surface area contributed by atoms with E-state index in [1.54, 1.807) is 25.1 Å². The summed E-state index contributed by atoms with van der Waals surface area (Å²) >= 11 is 5.85. The Bertz CT molecular complexity index is 504. The molecule has 0 bridgehead atoms. The Balaban J connectivity index is 2.54. The Morgan fingerprint density at radius 2 is 2.10 bits per heavy atom. The predicted octanol–water partition coefficient (Wildman–Crippen LogP) is 0.977. The van der Waals surface area contributed by atoms with E-state index < -0.39 is 24.0 Å². The number of aryl methyl sites for hydroxylation is 1. The number of amides is 1. The lowest BCUT2D eigenvalue weighted by molar-refractivity contribution is -0.145. The highest BCUT2D eigenvalue weighted by Crippen LogP contribution is 2.20. The van der Waals surface area contributed by atoms with E-state index in [1.807, 2.05) is 0 Å². The Hall–Kier alpha value is -1.79. The van der Waals surface area contributed by atoms with Crippen molar-refractivity contribution in [2.24, 2.45) is 0 Å². The molecule has 0 radical (unpaired) electrons. The van der Waals surface area contributed by atoms with Crippen LogP contribution in [-0.4, -0.2) is 40.8 Å². The molecule has 0 aliphatic rings. The van der Waals surface area contributed by atoms with Crippen molar-refractivity contribution in [2.75, 3.05) is 6.61 Å². The van der Waals surface area contributed by atoms with Crippen molar-refractivity contribution in [3.05, 3.63) is 28.8 Å². The molecule has 0 saturated carbocycles. The summed E-state index contributed by atoms with van der Waals surface area (Å²) in [4.78, 5) is 22.4. The van der Waals surface area contributed by atoms with E-state index in [1.165, 1.54) is 6.92 Å². The summed E-state index contributed by atoms with van der Waals surface area (Å²) in [6, 6.07) is 3.54. The summed E-state index contributed by atoms with van der Waals surface area (Å²) in [5, 5.41) is 20.8. The third kappa shape index (κ3) is 4.71. The normalized spacial score (nSPS) is 13.4. The minimum atomic E-state index is -1.36.